The van der Waals surface area contributed by atoms with E-state index in [2.05, 4.69) is 25.1 Å². The van der Waals surface area contributed by atoms with Gasteiger partial charge in [0.2, 0.25) is 11.6 Å². The number of alkyl halides is 3. The first-order chi connectivity index (χ1) is 17.5. The van der Waals surface area contributed by atoms with Crippen molar-refractivity contribution in [2.75, 3.05) is 7.11 Å². The highest BCUT2D eigenvalue weighted by molar-refractivity contribution is 6.30. The molecule has 1 amide bonds. The average Bonchev–Trinajstić information content (AvgIpc) is 3.41. The van der Waals surface area contributed by atoms with Gasteiger partial charge in [0.1, 0.15) is 6.54 Å². The van der Waals surface area contributed by atoms with E-state index in [0.29, 0.717) is 9.59 Å². The SMILES string of the molecule is COc1nccnc1-n1nc(Cn2nc(-c3ccc(Cl)cc3)n(C[C@H](O)C(F)(F)F)c2=O)nc1C(N)=O. The lowest BCUT2D eigenvalue weighted by atomic mass is 10.2. The molecule has 17 heteroatoms. The number of amides is 1. The summed E-state index contributed by atoms with van der Waals surface area (Å²) in [5.74, 6) is -1.70. The fourth-order valence-corrected chi connectivity index (χ4v) is 3.39. The molecule has 1 aromatic carbocycles. The molecule has 0 aliphatic rings. The highest BCUT2D eigenvalue weighted by atomic mass is 35.5. The smallest absolute Gasteiger partial charge is 0.416 e. The summed E-state index contributed by atoms with van der Waals surface area (Å²) in [4.78, 5) is 37.1. The zero-order valence-corrected chi connectivity index (χ0v) is 19.6. The average molecular weight is 540 g/mol. The number of primary amides is 1. The molecule has 0 spiro atoms. The van der Waals surface area contributed by atoms with Gasteiger partial charge in [0.05, 0.1) is 13.7 Å². The van der Waals surface area contributed by atoms with Gasteiger partial charge in [0.15, 0.2) is 17.8 Å². The van der Waals surface area contributed by atoms with Crippen LogP contribution in [0.4, 0.5) is 13.2 Å². The van der Waals surface area contributed by atoms with Gasteiger partial charge in [-0.1, -0.05) is 11.6 Å². The molecule has 37 heavy (non-hydrogen) atoms. The van der Waals surface area contributed by atoms with E-state index < -0.39 is 37.0 Å². The van der Waals surface area contributed by atoms with Crippen molar-refractivity contribution in [3.8, 4) is 23.1 Å². The largest absolute Gasteiger partial charge is 0.478 e. The summed E-state index contributed by atoms with van der Waals surface area (Å²) in [5, 5.41) is 18.2. The molecule has 0 radical (unpaired) electrons. The van der Waals surface area contributed by atoms with Crippen molar-refractivity contribution in [1.29, 1.82) is 0 Å². The Kier molecular flexibility index (Phi) is 6.95. The molecule has 0 aliphatic carbocycles. The fourth-order valence-electron chi connectivity index (χ4n) is 3.27. The number of rotatable bonds is 8. The van der Waals surface area contributed by atoms with E-state index in [1.54, 1.807) is 0 Å². The number of aromatic nitrogens is 8. The normalized spacial score (nSPS) is 12.5. The van der Waals surface area contributed by atoms with Crippen LogP contribution >= 0.6 is 11.6 Å². The van der Waals surface area contributed by atoms with Crippen molar-refractivity contribution in [3.05, 3.63) is 63.8 Å². The van der Waals surface area contributed by atoms with E-state index in [1.165, 1.54) is 43.8 Å². The number of nitrogens with zero attached hydrogens (tertiary/aromatic N) is 8. The third kappa shape index (κ3) is 5.29. The lowest BCUT2D eigenvalue weighted by Gasteiger charge is -2.15. The molecule has 0 unspecified atom stereocenters. The zero-order valence-electron chi connectivity index (χ0n) is 18.8. The van der Waals surface area contributed by atoms with E-state index in [0.717, 1.165) is 9.36 Å². The van der Waals surface area contributed by atoms with E-state index in [4.69, 9.17) is 22.1 Å². The van der Waals surface area contributed by atoms with E-state index in [1.807, 2.05) is 0 Å². The summed E-state index contributed by atoms with van der Waals surface area (Å²) < 4.78 is 46.7. The van der Waals surface area contributed by atoms with Crippen LogP contribution < -0.4 is 16.2 Å². The Morgan fingerprint density at radius 3 is 2.49 bits per heavy atom. The van der Waals surface area contributed by atoms with Crippen LogP contribution in [0.15, 0.2) is 41.5 Å². The highest BCUT2D eigenvalue weighted by Gasteiger charge is 2.39. The summed E-state index contributed by atoms with van der Waals surface area (Å²) in [6.07, 6.45) is -5.17. The van der Waals surface area contributed by atoms with Crippen LogP contribution in [-0.2, 0) is 13.1 Å². The van der Waals surface area contributed by atoms with Gasteiger partial charge >= 0.3 is 11.9 Å². The van der Waals surface area contributed by atoms with Crippen LogP contribution in [0.25, 0.3) is 17.2 Å². The predicted octanol–water partition coefficient (Wildman–Crippen LogP) is 0.815. The Bertz CT molecular complexity index is 1500. The molecule has 1 atom stereocenters. The molecular formula is C20H17ClF3N9O4. The van der Waals surface area contributed by atoms with Gasteiger partial charge < -0.3 is 15.6 Å². The molecule has 3 aromatic heterocycles. The van der Waals surface area contributed by atoms with Crippen LogP contribution in [-0.4, -0.2) is 69.5 Å². The van der Waals surface area contributed by atoms with Gasteiger partial charge in [-0.2, -0.15) is 17.9 Å². The Morgan fingerprint density at radius 1 is 1.19 bits per heavy atom. The monoisotopic (exact) mass is 539 g/mol. The number of aliphatic hydroxyl groups is 1. The second-order valence-electron chi connectivity index (χ2n) is 7.46. The second kappa shape index (κ2) is 9.98. The fraction of sp³-hybridized carbons (Fsp3) is 0.250. The summed E-state index contributed by atoms with van der Waals surface area (Å²) in [5.41, 5.74) is 4.67. The number of nitrogens with two attached hydrogens (primary N) is 1. The topological polar surface area (TPSA) is 169 Å². The maximum Gasteiger partial charge on any atom is 0.416 e. The molecule has 0 saturated carbocycles. The molecule has 13 nitrogen and oxygen atoms in total. The quantitative estimate of drug-likeness (QED) is 0.329. The molecule has 3 N–H and O–H groups in total. The number of aliphatic hydroxyl groups excluding tert-OH is 1. The molecular weight excluding hydrogens is 523 g/mol. The number of halogens is 4. The predicted molar refractivity (Wildman–Crippen MR) is 120 cm³/mol. The molecule has 0 bridgehead atoms. The number of methoxy groups -OCH3 is 1. The van der Waals surface area contributed by atoms with E-state index in [9.17, 15) is 27.9 Å². The van der Waals surface area contributed by atoms with Crippen LogP contribution in [0.2, 0.25) is 5.02 Å². The standard InChI is InChI=1S/C20H17ClF3N9O4/c1-37-18-17(26-6-7-27-18)33-16(14(25)35)28-13(29-33)9-32-19(36)31(8-12(34)20(22,23)24)15(30-32)10-2-4-11(21)5-3-10/h2-7,12,34H,8-9H2,1H3,(H2,25,35)/t12-/m0/s1. The first-order valence-electron chi connectivity index (χ1n) is 10.3. The second-order valence-corrected chi connectivity index (χ2v) is 7.89. The first-order valence-corrected chi connectivity index (χ1v) is 10.7. The molecule has 194 valence electrons. The van der Waals surface area contributed by atoms with Crippen LogP contribution in [0.5, 0.6) is 5.88 Å². The minimum Gasteiger partial charge on any atom is -0.478 e. The van der Waals surface area contributed by atoms with Crippen molar-refractivity contribution < 1.29 is 27.8 Å². The van der Waals surface area contributed by atoms with Crippen molar-refractivity contribution in [3.63, 3.8) is 0 Å². The van der Waals surface area contributed by atoms with Crippen molar-refractivity contribution in [1.82, 2.24) is 39.1 Å². The molecule has 3 heterocycles. The maximum absolute atomic E-state index is 13.1. The third-order valence-electron chi connectivity index (χ3n) is 4.96. The summed E-state index contributed by atoms with van der Waals surface area (Å²) in [7, 11) is 1.31. The minimum atomic E-state index is -4.98. The third-order valence-corrected chi connectivity index (χ3v) is 5.21. The molecule has 4 rings (SSSR count). The van der Waals surface area contributed by atoms with E-state index in [-0.39, 0.29) is 34.7 Å². The van der Waals surface area contributed by atoms with Gasteiger partial charge in [0, 0.05) is 23.0 Å². The summed E-state index contributed by atoms with van der Waals surface area (Å²) in [6, 6.07) is 5.82. The Morgan fingerprint density at radius 2 is 1.86 bits per heavy atom. The first kappa shape index (κ1) is 25.8. The molecule has 0 fully saturated rings. The van der Waals surface area contributed by atoms with Crippen LogP contribution in [0.3, 0.4) is 0 Å². The highest BCUT2D eigenvalue weighted by Crippen LogP contribution is 2.24. The minimum absolute atomic E-state index is 0.00550. The van der Waals surface area contributed by atoms with Gasteiger partial charge in [0.25, 0.3) is 11.8 Å². The number of benzene rings is 1. The van der Waals surface area contributed by atoms with Gasteiger partial charge in [-0.3, -0.25) is 9.36 Å². The van der Waals surface area contributed by atoms with Crippen molar-refractivity contribution >= 4 is 17.5 Å². The Hall–Kier alpha value is -4.31. The number of hydrogen-bond acceptors (Lipinski definition) is 9. The number of ether oxygens (including phenoxy) is 1. The zero-order chi connectivity index (χ0) is 26.9. The van der Waals surface area contributed by atoms with E-state index >= 15 is 0 Å². The summed E-state index contributed by atoms with van der Waals surface area (Å²) in [6.45, 7) is -1.59. The summed E-state index contributed by atoms with van der Waals surface area (Å²) >= 11 is 5.88. The Labute approximate surface area is 209 Å². The number of carbonyl (C=O) groups is 1. The lowest BCUT2D eigenvalue weighted by molar-refractivity contribution is -0.207. The van der Waals surface area contributed by atoms with Crippen molar-refractivity contribution in [2.24, 2.45) is 5.73 Å². The molecule has 4 aromatic rings. The van der Waals surface area contributed by atoms with Crippen LogP contribution in [0.1, 0.15) is 16.4 Å². The van der Waals surface area contributed by atoms with Crippen molar-refractivity contribution in [2.45, 2.75) is 25.4 Å². The van der Waals surface area contributed by atoms with Crippen LogP contribution in [0, 0.1) is 0 Å². The maximum atomic E-state index is 13.1. The molecule has 0 saturated heterocycles. The number of carbonyl (C=O) groups excluding carboxylic acids is 1. The Balaban J connectivity index is 1.79. The number of hydrogen-bond donors (Lipinski definition) is 2. The molecule has 0 aliphatic heterocycles. The van der Waals surface area contributed by atoms with Gasteiger partial charge in [-0.25, -0.2) is 24.4 Å². The lowest BCUT2D eigenvalue weighted by Crippen LogP contribution is -2.37. The van der Waals surface area contributed by atoms with Gasteiger partial charge in [-0.15, -0.1) is 10.2 Å². The van der Waals surface area contributed by atoms with Gasteiger partial charge in [-0.05, 0) is 24.3 Å².